The molecule has 7 nitrogen and oxygen atoms in total. The summed E-state index contributed by atoms with van der Waals surface area (Å²) in [6, 6.07) is 10.3. The first-order chi connectivity index (χ1) is 16.3. The molecule has 2 fully saturated rings. The van der Waals surface area contributed by atoms with Crippen LogP contribution in [0.3, 0.4) is 0 Å². The highest BCUT2D eigenvalue weighted by atomic mass is 35.5. The zero-order chi connectivity index (χ0) is 24.0. The molecular formula is C24H22ClFN4O3S. The summed E-state index contributed by atoms with van der Waals surface area (Å²) in [5.74, 6) is -1.84. The van der Waals surface area contributed by atoms with E-state index >= 15 is 4.39 Å². The number of hydrogen-bond acceptors (Lipinski definition) is 4. The number of fused-ring (bicyclic) bond motifs is 1. The zero-order valence-corrected chi connectivity index (χ0v) is 19.7. The number of rotatable bonds is 4. The molecule has 2 N–H and O–H groups in total. The number of aromatic carboxylic acids is 1. The number of carboxylic acid groups (broad SMARTS) is 1. The topological polar surface area (TPSA) is 77.8 Å². The number of halogens is 2. The highest BCUT2D eigenvalue weighted by molar-refractivity contribution is 7.80. The Kier molecular flexibility index (Phi) is 5.91. The lowest BCUT2D eigenvalue weighted by molar-refractivity contribution is 0.0695. The Morgan fingerprint density at radius 2 is 1.85 bits per heavy atom. The number of piperazine rings is 1. The van der Waals surface area contributed by atoms with Gasteiger partial charge in [-0.3, -0.25) is 4.79 Å². The average molecular weight is 501 g/mol. The number of pyridine rings is 1. The van der Waals surface area contributed by atoms with Crippen LogP contribution >= 0.6 is 23.8 Å². The summed E-state index contributed by atoms with van der Waals surface area (Å²) >= 11 is 11.7. The van der Waals surface area contributed by atoms with E-state index in [1.54, 1.807) is 12.1 Å². The van der Waals surface area contributed by atoms with Crippen LogP contribution in [0, 0.1) is 5.82 Å². The molecule has 1 aliphatic heterocycles. The van der Waals surface area contributed by atoms with E-state index in [0.29, 0.717) is 47.5 Å². The Labute approximate surface area is 205 Å². The molecule has 2 heterocycles. The number of carbonyl (C=O) groups is 1. The van der Waals surface area contributed by atoms with E-state index in [-0.39, 0.29) is 17.0 Å². The fraction of sp³-hybridized carbons (Fsp3) is 0.292. The van der Waals surface area contributed by atoms with Gasteiger partial charge in [0.05, 0.1) is 21.9 Å². The van der Waals surface area contributed by atoms with Crippen molar-refractivity contribution in [3.8, 4) is 0 Å². The largest absolute Gasteiger partial charge is 0.477 e. The van der Waals surface area contributed by atoms with Gasteiger partial charge in [-0.25, -0.2) is 9.18 Å². The number of nitrogens with one attached hydrogen (secondary N) is 1. The minimum atomic E-state index is -1.30. The molecule has 3 aromatic rings. The van der Waals surface area contributed by atoms with Crippen LogP contribution in [0.25, 0.3) is 10.9 Å². The van der Waals surface area contributed by atoms with Gasteiger partial charge in [0.1, 0.15) is 11.4 Å². The second-order valence-electron chi connectivity index (χ2n) is 8.52. The Bertz CT molecular complexity index is 1370. The van der Waals surface area contributed by atoms with Crippen molar-refractivity contribution in [1.82, 2.24) is 9.47 Å². The van der Waals surface area contributed by atoms with Gasteiger partial charge in [-0.2, -0.15) is 0 Å². The molecule has 0 spiro atoms. The Morgan fingerprint density at radius 1 is 1.15 bits per heavy atom. The van der Waals surface area contributed by atoms with Gasteiger partial charge < -0.3 is 24.8 Å². The van der Waals surface area contributed by atoms with Gasteiger partial charge >= 0.3 is 5.97 Å². The summed E-state index contributed by atoms with van der Waals surface area (Å²) in [7, 11) is 0. The van der Waals surface area contributed by atoms with Crippen LogP contribution in [-0.2, 0) is 0 Å². The first kappa shape index (κ1) is 22.6. The van der Waals surface area contributed by atoms with Crippen LogP contribution in [-0.4, -0.2) is 51.8 Å². The van der Waals surface area contributed by atoms with E-state index in [1.165, 1.54) is 12.3 Å². The van der Waals surface area contributed by atoms with Gasteiger partial charge in [-0.1, -0.05) is 23.7 Å². The molecule has 176 valence electrons. The van der Waals surface area contributed by atoms with Crippen molar-refractivity contribution >= 4 is 57.2 Å². The molecule has 34 heavy (non-hydrogen) atoms. The molecule has 0 atom stereocenters. The molecular weight excluding hydrogens is 479 g/mol. The Hall–Kier alpha value is -3.17. The summed E-state index contributed by atoms with van der Waals surface area (Å²) in [5.41, 5.74) is 0.697. The number of anilines is 2. The minimum Gasteiger partial charge on any atom is -0.477 e. The third kappa shape index (κ3) is 4.21. The van der Waals surface area contributed by atoms with E-state index in [9.17, 15) is 14.7 Å². The van der Waals surface area contributed by atoms with Crippen LogP contribution in [0.15, 0.2) is 47.4 Å². The predicted molar refractivity (Wildman–Crippen MR) is 135 cm³/mol. The molecule has 0 amide bonds. The fourth-order valence-corrected chi connectivity index (χ4v) is 4.79. The van der Waals surface area contributed by atoms with E-state index in [2.05, 4.69) is 5.32 Å². The number of benzene rings is 2. The molecule has 1 saturated carbocycles. The zero-order valence-electron chi connectivity index (χ0n) is 18.1. The number of aromatic nitrogens is 1. The number of thiocarbonyl (C=S) groups is 1. The molecule has 2 aromatic carbocycles. The van der Waals surface area contributed by atoms with Gasteiger partial charge in [0, 0.05) is 43.8 Å². The lowest BCUT2D eigenvalue weighted by Gasteiger charge is -2.37. The number of carboxylic acids is 1. The standard InChI is InChI=1S/C24H22ClFN4O3S/c25-17-3-1-2-4-19(17)27-24(34)29-9-7-28(8-10-29)21-12-20-15(11-18(21)26)22(31)16(23(32)33)13-30(20)14-5-6-14/h1-4,11-14H,5-10H2,(H,27,34)(H,32,33). The van der Waals surface area contributed by atoms with Crippen molar-refractivity contribution in [2.24, 2.45) is 0 Å². The van der Waals surface area contributed by atoms with Crippen LogP contribution < -0.4 is 15.6 Å². The molecule has 1 aliphatic carbocycles. The van der Waals surface area contributed by atoms with E-state index in [1.807, 2.05) is 32.6 Å². The maximum Gasteiger partial charge on any atom is 0.341 e. The molecule has 2 aliphatic rings. The predicted octanol–water partition coefficient (Wildman–Crippen LogP) is 4.35. The average Bonchev–Trinajstić information content (AvgIpc) is 3.66. The van der Waals surface area contributed by atoms with Crippen LogP contribution in [0.1, 0.15) is 29.2 Å². The molecule has 10 heteroatoms. The monoisotopic (exact) mass is 500 g/mol. The molecule has 0 unspecified atom stereocenters. The lowest BCUT2D eigenvalue weighted by atomic mass is 10.1. The Balaban J connectivity index is 1.38. The highest BCUT2D eigenvalue weighted by Crippen LogP contribution is 2.38. The molecule has 1 aromatic heterocycles. The second-order valence-corrected chi connectivity index (χ2v) is 9.31. The smallest absolute Gasteiger partial charge is 0.341 e. The maximum absolute atomic E-state index is 15.1. The van der Waals surface area contributed by atoms with Crippen molar-refractivity contribution in [2.75, 3.05) is 36.4 Å². The third-order valence-electron chi connectivity index (χ3n) is 6.29. The molecule has 0 bridgehead atoms. The van der Waals surface area contributed by atoms with Crippen molar-refractivity contribution in [1.29, 1.82) is 0 Å². The Morgan fingerprint density at radius 3 is 2.50 bits per heavy atom. The van der Waals surface area contributed by atoms with Gasteiger partial charge in [-0.05, 0) is 49.3 Å². The van der Waals surface area contributed by atoms with Crippen molar-refractivity contribution in [3.63, 3.8) is 0 Å². The second kappa shape index (κ2) is 8.88. The quantitative estimate of drug-likeness (QED) is 0.516. The SMILES string of the molecule is O=C(O)c1cn(C2CC2)c2cc(N3CCN(C(=S)Nc4ccccc4Cl)CC3)c(F)cc2c1=O. The minimum absolute atomic E-state index is 0.0943. The van der Waals surface area contributed by atoms with Crippen molar-refractivity contribution in [2.45, 2.75) is 18.9 Å². The van der Waals surface area contributed by atoms with Crippen molar-refractivity contribution in [3.05, 3.63) is 69.2 Å². The van der Waals surface area contributed by atoms with Gasteiger partial charge in [0.2, 0.25) is 5.43 Å². The normalized spacial score (nSPS) is 16.1. The molecule has 0 radical (unpaired) electrons. The van der Waals surface area contributed by atoms with E-state index < -0.39 is 17.2 Å². The van der Waals surface area contributed by atoms with Gasteiger partial charge in [0.15, 0.2) is 5.11 Å². The number of nitrogens with zero attached hydrogens (tertiary/aromatic N) is 3. The molecule has 5 rings (SSSR count). The fourth-order valence-electron chi connectivity index (χ4n) is 4.32. The summed E-state index contributed by atoms with van der Waals surface area (Å²) in [6.07, 6.45) is 3.19. The summed E-state index contributed by atoms with van der Waals surface area (Å²) < 4.78 is 17.0. The summed E-state index contributed by atoms with van der Waals surface area (Å²) in [4.78, 5) is 28.2. The summed E-state index contributed by atoms with van der Waals surface area (Å²) in [5, 5.41) is 13.8. The van der Waals surface area contributed by atoms with Crippen LogP contribution in [0.5, 0.6) is 0 Å². The van der Waals surface area contributed by atoms with Gasteiger partial charge in [-0.15, -0.1) is 0 Å². The first-order valence-electron chi connectivity index (χ1n) is 11.0. The van der Waals surface area contributed by atoms with Crippen molar-refractivity contribution < 1.29 is 14.3 Å². The maximum atomic E-state index is 15.1. The summed E-state index contributed by atoms with van der Waals surface area (Å²) in [6.45, 7) is 2.24. The van der Waals surface area contributed by atoms with Crippen LogP contribution in [0.4, 0.5) is 15.8 Å². The molecule has 1 saturated heterocycles. The number of hydrogen-bond donors (Lipinski definition) is 2. The lowest BCUT2D eigenvalue weighted by Crippen LogP contribution is -2.50. The van der Waals surface area contributed by atoms with E-state index in [0.717, 1.165) is 18.5 Å². The first-order valence-corrected chi connectivity index (χ1v) is 11.8. The third-order valence-corrected chi connectivity index (χ3v) is 6.98. The van der Waals surface area contributed by atoms with Crippen LogP contribution in [0.2, 0.25) is 5.02 Å². The highest BCUT2D eigenvalue weighted by Gasteiger charge is 2.28. The number of para-hydroxylation sites is 1. The van der Waals surface area contributed by atoms with Gasteiger partial charge in [0.25, 0.3) is 0 Å². The van der Waals surface area contributed by atoms with E-state index in [4.69, 9.17) is 23.8 Å².